The molecule has 2 aromatic rings. The van der Waals surface area contributed by atoms with Crippen LogP contribution in [0.2, 0.25) is 0 Å². The number of nitrogens with zero attached hydrogens (tertiary/aromatic N) is 2. The second kappa shape index (κ2) is 8.26. The predicted octanol–water partition coefficient (Wildman–Crippen LogP) is 2.62. The highest BCUT2D eigenvalue weighted by Crippen LogP contribution is 2.29. The summed E-state index contributed by atoms with van der Waals surface area (Å²) in [5.74, 6) is 1.08. The SMILES string of the molecule is OC(CSSCC(O)c1ccccn1)c1ccccn1. The third-order valence-corrected chi connectivity index (χ3v) is 4.98. The second-order valence-electron chi connectivity index (χ2n) is 4.11. The molecular formula is C14H16N2O2S2. The van der Waals surface area contributed by atoms with Crippen molar-refractivity contribution in [1.29, 1.82) is 0 Å². The third kappa shape index (κ3) is 4.79. The van der Waals surface area contributed by atoms with Crippen LogP contribution < -0.4 is 0 Å². The van der Waals surface area contributed by atoms with Gasteiger partial charge >= 0.3 is 0 Å². The van der Waals surface area contributed by atoms with Crippen LogP contribution in [0.3, 0.4) is 0 Å². The van der Waals surface area contributed by atoms with Crippen molar-refractivity contribution < 1.29 is 10.2 Å². The lowest BCUT2D eigenvalue weighted by molar-refractivity contribution is 0.198. The first-order valence-corrected chi connectivity index (χ1v) is 8.68. The molecule has 0 saturated heterocycles. The summed E-state index contributed by atoms with van der Waals surface area (Å²) in [6.45, 7) is 0. The first kappa shape index (κ1) is 15.3. The Morgan fingerprint density at radius 2 is 1.25 bits per heavy atom. The highest BCUT2D eigenvalue weighted by molar-refractivity contribution is 8.76. The molecule has 0 bridgehead atoms. The van der Waals surface area contributed by atoms with Gasteiger partial charge in [-0.1, -0.05) is 33.7 Å². The second-order valence-corrected chi connectivity index (χ2v) is 6.66. The summed E-state index contributed by atoms with van der Waals surface area (Å²) in [5.41, 5.74) is 1.34. The number of hydrogen-bond donors (Lipinski definition) is 2. The Labute approximate surface area is 126 Å². The molecular weight excluding hydrogens is 292 g/mol. The van der Waals surface area contributed by atoms with Crippen LogP contribution in [-0.4, -0.2) is 31.7 Å². The molecule has 2 atom stereocenters. The lowest BCUT2D eigenvalue weighted by Gasteiger charge is -2.11. The van der Waals surface area contributed by atoms with Crippen LogP contribution in [-0.2, 0) is 0 Å². The standard InChI is InChI=1S/C14H16N2O2S2/c17-13(11-5-1-3-7-15-11)9-19-20-10-14(18)12-6-2-4-8-16-12/h1-8,13-14,17-18H,9-10H2. The van der Waals surface area contributed by atoms with Gasteiger partial charge in [0.2, 0.25) is 0 Å². The van der Waals surface area contributed by atoms with Crippen LogP contribution in [0.25, 0.3) is 0 Å². The first-order chi connectivity index (χ1) is 9.77. The molecule has 0 aliphatic rings. The molecule has 2 aromatic heterocycles. The van der Waals surface area contributed by atoms with Crippen molar-refractivity contribution in [3.8, 4) is 0 Å². The number of aliphatic hydroxyl groups is 2. The van der Waals surface area contributed by atoms with Crippen molar-refractivity contribution in [1.82, 2.24) is 9.97 Å². The summed E-state index contributed by atoms with van der Waals surface area (Å²) in [5, 5.41) is 19.9. The maximum Gasteiger partial charge on any atom is 0.106 e. The molecule has 6 heteroatoms. The molecule has 0 spiro atoms. The van der Waals surface area contributed by atoms with Crippen LogP contribution in [0.4, 0.5) is 0 Å². The summed E-state index contributed by atoms with van der Waals surface area (Å²) in [7, 11) is 3.04. The van der Waals surface area contributed by atoms with Gasteiger partial charge in [0.25, 0.3) is 0 Å². The van der Waals surface area contributed by atoms with E-state index in [1.54, 1.807) is 24.5 Å². The zero-order chi connectivity index (χ0) is 14.2. The van der Waals surface area contributed by atoms with Crippen molar-refractivity contribution in [3.05, 3.63) is 60.2 Å². The highest BCUT2D eigenvalue weighted by Gasteiger charge is 2.11. The minimum atomic E-state index is -0.583. The van der Waals surface area contributed by atoms with Crippen molar-refractivity contribution >= 4 is 21.6 Å². The first-order valence-electron chi connectivity index (χ1n) is 6.20. The van der Waals surface area contributed by atoms with Gasteiger partial charge in [0.15, 0.2) is 0 Å². The molecule has 2 rings (SSSR count). The monoisotopic (exact) mass is 308 g/mol. The molecule has 0 aliphatic heterocycles. The Kier molecular flexibility index (Phi) is 6.32. The lowest BCUT2D eigenvalue weighted by Crippen LogP contribution is -2.04. The maximum absolute atomic E-state index is 9.93. The molecule has 106 valence electrons. The Hall–Kier alpha value is -1.08. The van der Waals surface area contributed by atoms with Crippen LogP contribution in [0.1, 0.15) is 23.6 Å². The Morgan fingerprint density at radius 3 is 1.60 bits per heavy atom. The smallest absolute Gasteiger partial charge is 0.106 e. The van der Waals surface area contributed by atoms with E-state index >= 15 is 0 Å². The number of rotatable bonds is 7. The normalized spacial score (nSPS) is 13.9. The molecule has 2 N–H and O–H groups in total. The van der Waals surface area contributed by atoms with Crippen LogP contribution in [0.15, 0.2) is 48.8 Å². The molecule has 0 aromatic carbocycles. The van der Waals surface area contributed by atoms with E-state index in [-0.39, 0.29) is 0 Å². The van der Waals surface area contributed by atoms with Gasteiger partial charge in [-0.25, -0.2) is 0 Å². The number of hydrogen-bond acceptors (Lipinski definition) is 6. The van der Waals surface area contributed by atoms with Gasteiger partial charge in [-0.05, 0) is 24.3 Å². The fourth-order valence-electron chi connectivity index (χ4n) is 1.54. The van der Waals surface area contributed by atoms with E-state index < -0.39 is 12.2 Å². The summed E-state index contributed by atoms with van der Waals surface area (Å²) in [6.07, 6.45) is 2.17. The zero-order valence-corrected chi connectivity index (χ0v) is 12.4. The Bertz CT molecular complexity index is 452. The van der Waals surface area contributed by atoms with E-state index in [1.807, 2.05) is 24.3 Å². The van der Waals surface area contributed by atoms with E-state index in [4.69, 9.17) is 0 Å². The quantitative estimate of drug-likeness (QED) is 0.605. The van der Waals surface area contributed by atoms with E-state index in [0.29, 0.717) is 22.9 Å². The Morgan fingerprint density at radius 1 is 0.800 bits per heavy atom. The van der Waals surface area contributed by atoms with E-state index in [9.17, 15) is 10.2 Å². The molecule has 0 radical (unpaired) electrons. The van der Waals surface area contributed by atoms with Gasteiger partial charge in [-0.2, -0.15) is 0 Å². The van der Waals surface area contributed by atoms with Crippen molar-refractivity contribution in [2.24, 2.45) is 0 Å². The van der Waals surface area contributed by atoms with Crippen molar-refractivity contribution in [3.63, 3.8) is 0 Å². The fourth-order valence-corrected chi connectivity index (χ4v) is 3.68. The fraction of sp³-hybridized carbons (Fsp3) is 0.286. The third-order valence-electron chi connectivity index (χ3n) is 2.59. The number of aliphatic hydroxyl groups excluding tert-OH is 2. The van der Waals surface area contributed by atoms with E-state index in [1.165, 1.54) is 21.6 Å². The summed E-state index contributed by atoms with van der Waals surface area (Å²) in [6, 6.07) is 11.0. The minimum Gasteiger partial charge on any atom is -0.386 e. The summed E-state index contributed by atoms with van der Waals surface area (Å²) in [4.78, 5) is 8.22. The van der Waals surface area contributed by atoms with Gasteiger partial charge in [0.05, 0.1) is 11.4 Å². The van der Waals surface area contributed by atoms with Gasteiger partial charge in [0, 0.05) is 23.9 Å². The molecule has 0 amide bonds. The molecule has 0 aliphatic carbocycles. The average Bonchev–Trinajstić information content (AvgIpc) is 2.53. The van der Waals surface area contributed by atoms with Crippen LogP contribution in [0.5, 0.6) is 0 Å². The lowest BCUT2D eigenvalue weighted by atomic mass is 10.2. The summed E-state index contributed by atoms with van der Waals surface area (Å²) < 4.78 is 0. The topological polar surface area (TPSA) is 66.2 Å². The van der Waals surface area contributed by atoms with E-state index in [0.717, 1.165) is 0 Å². The molecule has 20 heavy (non-hydrogen) atoms. The minimum absolute atomic E-state index is 0.538. The molecule has 0 fully saturated rings. The van der Waals surface area contributed by atoms with Gasteiger partial charge in [-0.15, -0.1) is 0 Å². The maximum atomic E-state index is 9.93. The van der Waals surface area contributed by atoms with Crippen molar-refractivity contribution in [2.75, 3.05) is 11.5 Å². The zero-order valence-electron chi connectivity index (χ0n) is 10.8. The molecule has 2 heterocycles. The van der Waals surface area contributed by atoms with Gasteiger partial charge < -0.3 is 10.2 Å². The number of pyridine rings is 2. The summed E-state index contributed by atoms with van der Waals surface area (Å²) >= 11 is 0. The largest absolute Gasteiger partial charge is 0.386 e. The van der Waals surface area contributed by atoms with Crippen LogP contribution >= 0.6 is 21.6 Å². The van der Waals surface area contributed by atoms with Gasteiger partial charge in [0.1, 0.15) is 12.2 Å². The van der Waals surface area contributed by atoms with E-state index in [2.05, 4.69) is 9.97 Å². The molecule has 4 nitrogen and oxygen atoms in total. The predicted molar refractivity (Wildman–Crippen MR) is 83.3 cm³/mol. The Balaban J connectivity index is 1.69. The molecule has 0 saturated carbocycles. The molecule has 2 unspecified atom stereocenters. The van der Waals surface area contributed by atoms with Gasteiger partial charge in [-0.3, -0.25) is 9.97 Å². The highest BCUT2D eigenvalue weighted by atomic mass is 33.1. The van der Waals surface area contributed by atoms with Crippen molar-refractivity contribution in [2.45, 2.75) is 12.2 Å². The van der Waals surface area contributed by atoms with Crippen LogP contribution in [0, 0.1) is 0 Å². The number of aromatic nitrogens is 2. The average molecular weight is 308 g/mol.